The Bertz CT molecular complexity index is 5300. The van der Waals surface area contributed by atoms with E-state index in [1.165, 1.54) is 39.5 Å². The van der Waals surface area contributed by atoms with Gasteiger partial charge in [0.15, 0.2) is 13.7 Å². The molecule has 10 aromatic carbocycles. The lowest BCUT2D eigenvalue weighted by molar-refractivity contribution is 0.666. The van der Waals surface area contributed by atoms with Gasteiger partial charge in [-0.1, -0.05) is 200 Å². The third-order valence-corrected chi connectivity index (χ3v) is 15.8. The molecule has 4 heteroatoms. The van der Waals surface area contributed by atoms with Crippen molar-refractivity contribution in [3.8, 4) is 22.5 Å². The second-order valence-corrected chi connectivity index (χ2v) is 18.4. The number of fused-ring (bicyclic) bond motifs is 10. The molecule has 0 fully saturated rings. The monoisotopic (exact) mass is 858 g/mol. The highest BCUT2D eigenvalue weighted by Gasteiger charge is 2.41. The Kier molecular flexibility index (Phi) is 4.30. The maximum atomic E-state index is 10.5. The van der Waals surface area contributed by atoms with Gasteiger partial charge in [-0.3, -0.25) is 0 Å². The fourth-order valence-corrected chi connectivity index (χ4v) is 12.8. The standard InChI is InChI=1S/C60H40N2OSi/c1-4-19-41(20-5-1)42-21-18-26-47(39-42)64(44-22-6-2-7-23-44,45-24-8-3-9-25-45)46-37-35-43(36-38-46)61-53-31-14-12-29-50(53)52-40-56(60-58(59(52)61)51-30-13-17-34-57(51)63-60)62-54-32-15-10-27-48(54)49-28-11-16-33-55(49)62/h1-40H/i1D,2D,4D,5D,6D,7D,10D,11D,15D,16D,18D,19D,20D,21D,22D,23D,26D,27D,28D,32D,33D,35D,36D,37D,38D,39D. The molecule has 3 heterocycles. The number of nitrogens with zero attached hydrogens (tertiary/aromatic N) is 2. The molecule has 0 radical (unpaired) electrons. The Morgan fingerprint density at radius 2 is 1.00 bits per heavy atom. The van der Waals surface area contributed by atoms with Crippen molar-refractivity contribution in [1.29, 1.82) is 0 Å². The van der Waals surface area contributed by atoms with Gasteiger partial charge < -0.3 is 13.6 Å². The predicted molar refractivity (Wildman–Crippen MR) is 271 cm³/mol. The fraction of sp³-hybridized carbons (Fsp3) is 0. The van der Waals surface area contributed by atoms with Crippen LogP contribution in [-0.2, 0) is 0 Å². The molecule has 13 rings (SSSR count). The number of para-hydroxylation sites is 4. The summed E-state index contributed by atoms with van der Waals surface area (Å²) in [5.74, 6) is 0. The summed E-state index contributed by atoms with van der Waals surface area (Å²) in [7, 11) is -5.69. The van der Waals surface area contributed by atoms with Crippen LogP contribution in [0, 0.1) is 0 Å². The molecule has 1 atom stereocenters. The predicted octanol–water partition coefficient (Wildman–Crippen LogP) is 12.8. The van der Waals surface area contributed by atoms with Gasteiger partial charge in [0.1, 0.15) is 5.58 Å². The summed E-state index contributed by atoms with van der Waals surface area (Å²) in [5, 5.41) is -1.50. The summed E-state index contributed by atoms with van der Waals surface area (Å²) in [6.45, 7) is 0. The molecule has 1 unspecified atom stereocenters. The maximum Gasteiger partial charge on any atom is 0.179 e. The van der Waals surface area contributed by atoms with Crippen molar-refractivity contribution in [2.24, 2.45) is 0 Å². The van der Waals surface area contributed by atoms with Crippen LogP contribution in [0.25, 0.3) is 88.1 Å². The first-order valence-corrected chi connectivity index (χ1v) is 21.9. The highest BCUT2D eigenvalue weighted by atomic mass is 28.3. The highest BCUT2D eigenvalue weighted by Crippen LogP contribution is 2.45. The number of hydrogen-bond acceptors (Lipinski definition) is 1. The molecule has 0 N–H and O–H groups in total. The minimum atomic E-state index is -5.69. The first kappa shape index (κ1) is 19.1. The van der Waals surface area contributed by atoms with Crippen LogP contribution in [0.4, 0.5) is 0 Å². The smallest absolute Gasteiger partial charge is 0.179 e. The third-order valence-electron chi connectivity index (χ3n) is 11.6. The Labute approximate surface area is 407 Å². The van der Waals surface area contributed by atoms with Crippen LogP contribution in [0.5, 0.6) is 0 Å². The van der Waals surface area contributed by atoms with Crippen LogP contribution >= 0.6 is 0 Å². The van der Waals surface area contributed by atoms with Crippen LogP contribution in [0.1, 0.15) is 35.6 Å². The second kappa shape index (κ2) is 14.5. The fourth-order valence-electron chi connectivity index (χ4n) is 8.95. The van der Waals surface area contributed by atoms with E-state index >= 15 is 0 Å². The molecule has 3 aromatic heterocycles. The van der Waals surface area contributed by atoms with Crippen LogP contribution < -0.4 is 20.7 Å². The molecular formula is C60H40N2OSi. The zero-order valence-corrected chi connectivity index (χ0v) is 33.9. The number of hydrogen-bond donors (Lipinski definition) is 0. The molecule has 13 aromatic rings. The number of furan rings is 1. The van der Waals surface area contributed by atoms with Gasteiger partial charge in [0.2, 0.25) is 0 Å². The Morgan fingerprint density at radius 3 is 1.75 bits per heavy atom. The molecule has 0 aliphatic heterocycles. The topological polar surface area (TPSA) is 23.0 Å². The molecular weight excluding hydrogens is 793 g/mol. The van der Waals surface area contributed by atoms with Crippen LogP contribution in [0.3, 0.4) is 0 Å². The summed E-state index contributed by atoms with van der Waals surface area (Å²) < 4.78 is 252. The lowest BCUT2D eigenvalue weighted by atomic mass is 10.1. The lowest BCUT2D eigenvalue weighted by Gasteiger charge is -2.35. The maximum absolute atomic E-state index is 10.5. The Morgan fingerprint density at radius 1 is 0.406 bits per heavy atom. The van der Waals surface area contributed by atoms with Gasteiger partial charge in [-0.2, -0.15) is 0 Å². The molecule has 64 heavy (non-hydrogen) atoms. The summed E-state index contributed by atoms with van der Waals surface area (Å²) in [6, 6.07) is 0.0609. The van der Waals surface area contributed by atoms with E-state index in [-0.39, 0.29) is 65.7 Å². The number of aromatic nitrogens is 2. The van der Waals surface area contributed by atoms with Gasteiger partial charge >= 0.3 is 0 Å². The van der Waals surface area contributed by atoms with E-state index < -0.39 is 198 Å². The zero-order valence-electron chi connectivity index (χ0n) is 58.9. The van der Waals surface area contributed by atoms with Gasteiger partial charge in [-0.25, -0.2) is 0 Å². The lowest BCUT2D eigenvalue weighted by Crippen LogP contribution is -2.74. The summed E-state index contributed by atoms with van der Waals surface area (Å²) in [4.78, 5) is 0. The van der Waals surface area contributed by atoms with Crippen molar-refractivity contribution in [2.45, 2.75) is 0 Å². The minimum Gasteiger partial charge on any atom is -0.454 e. The molecule has 300 valence electrons. The third kappa shape index (κ3) is 5.33. The van der Waals surface area contributed by atoms with Crippen molar-refractivity contribution in [2.75, 3.05) is 0 Å². The van der Waals surface area contributed by atoms with E-state index in [2.05, 4.69) is 0 Å². The van der Waals surface area contributed by atoms with E-state index in [0.717, 1.165) is 0 Å². The van der Waals surface area contributed by atoms with Crippen molar-refractivity contribution in [3.05, 3.63) is 242 Å². The summed E-state index contributed by atoms with van der Waals surface area (Å²) in [6.07, 6.45) is 0. The average molecular weight is 859 g/mol. The van der Waals surface area contributed by atoms with Gasteiger partial charge in [-0.15, -0.1) is 0 Å². The van der Waals surface area contributed by atoms with Gasteiger partial charge in [0, 0.05) is 32.6 Å². The van der Waals surface area contributed by atoms with Crippen molar-refractivity contribution < 1.29 is 40.1 Å². The van der Waals surface area contributed by atoms with E-state index in [4.69, 9.17) is 23.6 Å². The number of benzene rings is 10. The first-order valence-electron chi connectivity index (χ1n) is 32.9. The van der Waals surface area contributed by atoms with E-state index in [0.29, 0.717) is 10.8 Å². The summed E-state index contributed by atoms with van der Waals surface area (Å²) in [5.41, 5.74) is -1.90. The second-order valence-electron chi connectivity index (χ2n) is 14.8. The molecule has 0 spiro atoms. The molecule has 3 nitrogen and oxygen atoms in total. The molecule has 0 aliphatic rings. The minimum absolute atomic E-state index is 0.0201. The van der Waals surface area contributed by atoms with Gasteiger partial charge in [-0.05, 0) is 74.2 Å². The highest BCUT2D eigenvalue weighted by molar-refractivity contribution is 7.19. The Balaban J connectivity index is 1.23. The van der Waals surface area contributed by atoms with Gasteiger partial charge in [0.05, 0.1) is 68.8 Å². The molecule has 0 bridgehead atoms. The van der Waals surface area contributed by atoms with E-state index in [1.807, 2.05) is 0 Å². The SMILES string of the molecule is [2H]c1c([2H])c([2H])c(-c2c([2H])c([2H])c([2H])c([Si](c3ccccc3)(c3c([2H])c([2H])c([2H])c([2H])c3[2H])c3c([2H])c([2H])c(-n4c5ccccc5c5cc(-n6c7c([2H])c([2H])c([2H])c([2H])c7c7c([2H])c([2H])c([2H])c([2H])c76)c6oc7ccccc7c6c54)c([2H])c3[2H])c2[2H])c([2H])c1[2H]. The number of rotatable bonds is 7. The van der Waals surface area contributed by atoms with Crippen LogP contribution in [-0.4, -0.2) is 17.2 Å². The Hall–Kier alpha value is -8.18. The molecule has 0 saturated heterocycles. The van der Waals surface area contributed by atoms with Crippen molar-refractivity contribution in [1.82, 2.24) is 9.13 Å². The zero-order chi connectivity index (χ0) is 64.8. The van der Waals surface area contributed by atoms with Crippen molar-refractivity contribution >= 4 is 94.4 Å². The average Bonchev–Trinajstić information content (AvgIpc) is 1.12. The molecule has 0 aliphatic carbocycles. The van der Waals surface area contributed by atoms with E-state index in [1.54, 1.807) is 54.6 Å². The largest absolute Gasteiger partial charge is 0.454 e. The van der Waals surface area contributed by atoms with Gasteiger partial charge in [0.25, 0.3) is 0 Å². The quantitative estimate of drug-likeness (QED) is 0.116. The van der Waals surface area contributed by atoms with Crippen LogP contribution in [0.2, 0.25) is 0 Å². The molecule has 0 amide bonds. The molecule has 0 saturated carbocycles. The first-order chi connectivity index (χ1) is 42.6. The van der Waals surface area contributed by atoms with Crippen molar-refractivity contribution in [3.63, 3.8) is 0 Å². The van der Waals surface area contributed by atoms with E-state index in [9.17, 15) is 16.4 Å². The normalized spacial score (nSPS) is 18.5. The summed E-state index contributed by atoms with van der Waals surface area (Å²) >= 11 is 0. The van der Waals surface area contributed by atoms with Crippen LogP contribution in [0.15, 0.2) is 246 Å².